The van der Waals surface area contributed by atoms with Crippen molar-refractivity contribution < 1.29 is 0 Å². The number of hydrogen-bond acceptors (Lipinski definition) is 1. The average molecular weight is 904 g/mol. The summed E-state index contributed by atoms with van der Waals surface area (Å²) in [5.41, 5.74) is 28.0. The van der Waals surface area contributed by atoms with Crippen molar-refractivity contribution in [3.8, 4) is 77.9 Å². The molecule has 71 heavy (non-hydrogen) atoms. The standard InChI is InChI=1S/C70H49N/c1-69(2)63-44-49(46-22-6-3-7-23-46)40-42-55(63)56-43-41-50(45-64(56)69)71(65-38-20-33-52(48-26-10-5-11-27-48)67(65)57-31-13-12-28-51(57)47-24-8-4-9-25-47)66-39-21-37-62-68(66)58-32-16-19-36-61(58)70(62)59-34-17-14-29-53(59)54-30-15-18-35-60(54)70/h3-45H,1-2H3. The van der Waals surface area contributed by atoms with Crippen molar-refractivity contribution in [3.63, 3.8) is 0 Å². The van der Waals surface area contributed by atoms with Gasteiger partial charge in [0.2, 0.25) is 0 Å². The van der Waals surface area contributed by atoms with Crippen molar-refractivity contribution >= 4 is 17.1 Å². The van der Waals surface area contributed by atoms with Crippen LogP contribution in [0.5, 0.6) is 0 Å². The van der Waals surface area contributed by atoms with Crippen molar-refractivity contribution in [2.45, 2.75) is 24.7 Å². The van der Waals surface area contributed by atoms with Crippen LogP contribution in [0.2, 0.25) is 0 Å². The Morgan fingerprint density at radius 2 is 0.676 bits per heavy atom. The lowest BCUT2D eigenvalue weighted by molar-refractivity contribution is 0.660. The van der Waals surface area contributed by atoms with E-state index in [2.05, 4.69) is 280 Å². The SMILES string of the molecule is CC1(C)c2cc(-c3ccccc3)ccc2-c2ccc(N(c3cccc(-c4ccccc4)c3-c3ccccc3-c3ccccc3)c3cccc4c3-c3ccccc3C43c4ccccc4-c4ccccc43)cc21. The van der Waals surface area contributed by atoms with Gasteiger partial charge in [-0.05, 0) is 130 Å². The summed E-state index contributed by atoms with van der Waals surface area (Å²) in [6.45, 7) is 4.82. The molecule has 0 saturated heterocycles. The van der Waals surface area contributed by atoms with E-state index < -0.39 is 5.41 Å². The number of anilines is 3. The van der Waals surface area contributed by atoms with Crippen molar-refractivity contribution in [3.05, 3.63) is 294 Å². The Hall–Kier alpha value is -8.78. The Balaban J connectivity index is 1.08. The van der Waals surface area contributed by atoms with Crippen LogP contribution in [0.4, 0.5) is 17.1 Å². The van der Waals surface area contributed by atoms with Gasteiger partial charge in [-0.2, -0.15) is 0 Å². The highest BCUT2D eigenvalue weighted by Crippen LogP contribution is 2.65. The largest absolute Gasteiger partial charge is 0.309 e. The fourth-order valence-electron chi connectivity index (χ4n) is 12.8. The maximum absolute atomic E-state index is 2.61. The Kier molecular flexibility index (Phi) is 9.22. The summed E-state index contributed by atoms with van der Waals surface area (Å²) in [5.74, 6) is 0. The Morgan fingerprint density at radius 3 is 1.31 bits per heavy atom. The van der Waals surface area contributed by atoms with E-state index in [0.29, 0.717) is 0 Å². The molecule has 1 nitrogen and oxygen atoms in total. The molecule has 11 aromatic carbocycles. The third kappa shape index (κ3) is 6.00. The predicted molar refractivity (Wildman–Crippen MR) is 297 cm³/mol. The highest BCUT2D eigenvalue weighted by molar-refractivity contribution is 6.06. The lowest BCUT2D eigenvalue weighted by Gasteiger charge is -2.33. The summed E-state index contributed by atoms with van der Waals surface area (Å²) in [4.78, 5) is 2.61. The molecule has 14 rings (SSSR count). The number of benzene rings is 11. The molecule has 3 aliphatic carbocycles. The second-order valence-electron chi connectivity index (χ2n) is 19.9. The zero-order valence-electron chi connectivity index (χ0n) is 39.8. The minimum atomic E-state index is -0.493. The molecule has 11 aromatic rings. The zero-order chi connectivity index (χ0) is 47.3. The molecule has 0 fully saturated rings. The second kappa shape index (κ2) is 15.9. The molecule has 334 valence electrons. The number of rotatable bonds is 7. The van der Waals surface area contributed by atoms with Crippen LogP contribution in [0.25, 0.3) is 77.9 Å². The van der Waals surface area contributed by atoms with Crippen molar-refractivity contribution in [1.82, 2.24) is 0 Å². The fourth-order valence-corrected chi connectivity index (χ4v) is 12.8. The minimum absolute atomic E-state index is 0.266. The molecule has 0 bridgehead atoms. The Labute approximate surface area is 416 Å². The molecule has 0 radical (unpaired) electrons. The van der Waals surface area contributed by atoms with Crippen LogP contribution in [0.1, 0.15) is 47.2 Å². The molecular weight excluding hydrogens is 855 g/mol. The first-order chi connectivity index (χ1) is 35.0. The van der Waals surface area contributed by atoms with Gasteiger partial charge >= 0.3 is 0 Å². The van der Waals surface area contributed by atoms with E-state index in [9.17, 15) is 0 Å². The van der Waals surface area contributed by atoms with Gasteiger partial charge in [-0.15, -0.1) is 0 Å². The van der Waals surface area contributed by atoms with E-state index in [-0.39, 0.29) is 5.41 Å². The third-order valence-corrected chi connectivity index (χ3v) is 15.9. The quantitative estimate of drug-likeness (QED) is 0.154. The zero-order valence-corrected chi connectivity index (χ0v) is 39.8. The summed E-state index contributed by atoms with van der Waals surface area (Å²) in [5, 5.41) is 0. The Bertz CT molecular complexity index is 3850. The van der Waals surface area contributed by atoms with Crippen molar-refractivity contribution in [1.29, 1.82) is 0 Å². The molecule has 0 heterocycles. The molecule has 1 spiro atoms. The summed E-state index contributed by atoms with van der Waals surface area (Å²) >= 11 is 0. The number of nitrogens with zero attached hydrogens (tertiary/aromatic N) is 1. The second-order valence-corrected chi connectivity index (χ2v) is 19.9. The first-order valence-electron chi connectivity index (χ1n) is 24.9. The molecule has 3 aliphatic rings. The predicted octanol–water partition coefficient (Wildman–Crippen LogP) is 18.5. The molecule has 0 amide bonds. The summed E-state index contributed by atoms with van der Waals surface area (Å²) in [7, 11) is 0. The molecule has 0 saturated carbocycles. The van der Waals surface area contributed by atoms with Crippen LogP contribution in [-0.2, 0) is 10.8 Å². The summed E-state index contributed by atoms with van der Waals surface area (Å²) in [6.07, 6.45) is 0. The normalized spacial score (nSPS) is 13.7. The van der Waals surface area contributed by atoms with Gasteiger partial charge in [0, 0.05) is 22.2 Å². The lowest BCUT2D eigenvalue weighted by atomic mass is 9.70. The maximum atomic E-state index is 2.61. The topological polar surface area (TPSA) is 3.24 Å². The van der Waals surface area contributed by atoms with E-state index in [4.69, 9.17) is 0 Å². The fraction of sp³-hybridized carbons (Fsp3) is 0.0571. The Morgan fingerprint density at radius 1 is 0.254 bits per heavy atom. The van der Waals surface area contributed by atoms with E-state index >= 15 is 0 Å². The minimum Gasteiger partial charge on any atom is -0.309 e. The first kappa shape index (κ1) is 41.2. The van der Waals surface area contributed by atoms with E-state index in [1.807, 2.05) is 0 Å². The highest BCUT2D eigenvalue weighted by atomic mass is 15.1. The first-order valence-corrected chi connectivity index (χ1v) is 24.9. The van der Waals surface area contributed by atoms with E-state index in [1.165, 1.54) is 111 Å². The summed E-state index contributed by atoms with van der Waals surface area (Å²) in [6, 6.07) is 97.4. The molecule has 0 aliphatic heterocycles. The van der Waals surface area contributed by atoms with Gasteiger partial charge in [0.1, 0.15) is 0 Å². The van der Waals surface area contributed by atoms with E-state index in [1.54, 1.807) is 0 Å². The smallest absolute Gasteiger partial charge is 0.0726 e. The average Bonchev–Trinajstić information content (AvgIpc) is 4.00. The van der Waals surface area contributed by atoms with Crippen LogP contribution in [0.3, 0.4) is 0 Å². The van der Waals surface area contributed by atoms with Gasteiger partial charge in [0.05, 0.1) is 16.8 Å². The molecule has 0 aromatic heterocycles. The van der Waals surface area contributed by atoms with Crippen LogP contribution >= 0.6 is 0 Å². The van der Waals surface area contributed by atoms with Gasteiger partial charge in [0.15, 0.2) is 0 Å². The van der Waals surface area contributed by atoms with Gasteiger partial charge in [-0.25, -0.2) is 0 Å². The van der Waals surface area contributed by atoms with Crippen LogP contribution < -0.4 is 4.90 Å². The van der Waals surface area contributed by atoms with Gasteiger partial charge < -0.3 is 4.90 Å². The van der Waals surface area contributed by atoms with Crippen LogP contribution in [0.15, 0.2) is 261 Å². The van der Waals surface area contributed by atoms with Crippen LogP contribution in [0, 0.1) is 0 Å². The van der Waals surface area contributed by atoms with Gasteiger partial charge in [-0.3, -0.25) is 0 Å². The van der Waals surface area contributed by atoms with Crippen molar-refractivity contribution in [2.24, 2.45) is 0 Å². The molecule has 0 unspecified atom stereocenters. The maximum Gasteiger partial charge on any atom is 0.0726 e. The number of fused-ring (bicyclic) bond motifs is 13. The van der Waals surface area contributed by atoms with E-state index in [0.717, 1.165) is 17.1 Å². The van der Waals surface area contributed by atoms with Gasteiger partial charge in [-0.1, -0.05) is 244 Å². The molecular formula is C70H49N. The van der Waals surface area contributed by atoms with Crippen molar-refractivity contribution in [2.75, 3.05) is 4.90 Å². The molecule has 0 atom stereocenters. The highest BCUT2D eigenvalue weighted by Gasteiger charge is 2.52. The monoisotopic (exact) mass is 903 g/mol. The van der Waals surface area contributed by atoms with Crippen LogP contribution in [-0.4, -0.2) is 0 Å². The molecule has 0 N–H and O–H groups in total. The third-order valence-electron chi connectivity index (χ3n) is 15.9. The lowest BCUT2D eigenvalue weighted by Crippen LogP contribution is -2.26. The van der Waals surface area contributed by atoms with Gasteiger partial charge in [0.25, 0.3) is 0 Å². The summed E-state index contributed by atoms with van der Waals surface area (Å²) < 4.78 is 0. The number of hydrogen-bond donors (Lipinski definition) is 0. The molecule has 1 heteroatoms.